The van der Waals surface area contributed by atoms with Crippen molar-refractivity contribution in [2.75, 3.05) is 6.54 Å². The van der Waals surface area contributed by atoms with Gasteiger partial charge in [-0.2, -0.15) is 4.98 Å². The first-order valence-corrected chi connectivity index (χ1v) is 7.18. The summed E-state index contributed by atoms with van der Waals surface area (Å²) in [5.74, 6) is 1.62. The number of hydrogen-bond donors (Lipinski definition) is 1. The molecule has 0 saturated heterocycles. The van der Waals surface area contributed by atoms with Crippen LogP contribution in [-0.4, -0.2) is 26.8 Å². The zero-order valence-electron chi connectivity index (χ0n) is 12.4. The highest BCUT2D eigenvalue weighted by molar-refractivity contribution is 5.66. The Morgan fingerprint density at radius 3 is 2.91 bits per heavy atom. The highest BCUT2D eigenvalue weighted by Crippen LogP contribution is 2.30. The molecule has 7 nitrogen and oxygen atoms in total. The Morgan fingerprint density at radius 2 is 2.09 bits per heavy atom. The fourth-order valence-corrected chi connectivity index (χ4v) is 2.76. The molecule has 7 heteroatoms. The number of rotatable bonds is 2. The molecule has 112 valence electrons. The van der Waals surface area contributed by atoms with Crippen molar-refractivity contribution >= 4 is 0 Å². The van der Waals surface area contributed by atoms with Crippen LogP contribution in [-0.2, 0) is 13.0 Å². The largest absolute Gasteiger partial charge is 0.361 e. The Labute approximate surface area is 126 Å². The molecule has 3 aromatic rings. The summed E-state index contributed by atoms with van der Waals surface area (Å²) in [6.07, 6.45) is 2.85. The van der Waals surface area contributed by atoms with Crippen LogP contribution in [0.3, 0.4) is 0 Å². The van der Waals surface area contributed by atoms with Gasteiger partial charge in [-0.1, -0.05) is 10.3 Å². The first kappa shape index (κ1) is 13.1. The lowest BCUT2D eigenvalue weighted by Crippen LogP contribution is -2.24. The topological polar surface area (TPSA) is 89.9 Å². The molecule has 0 unspecified atom stereocenters. The number of nitrogens with zero attached hydrogens (tertiary/aromatic N) is 4. The summed E-state index contributed by atoms with van der Waals surface area (Å²) in [5.41, 5.74) is 4.86. The van der Waals surface area contributed by atoms with Crippen molar-refractivity contribution in [3.05, 3.63) is 34.8 Å². The highest BCUT2D eigenvalue weighted by Gasteiger charge is 2.22. The van der Waals surface area contributed by atoms with E-state index in [0.29, 0.717) is 23.2 Å². The van der Waals surface area contributed by atoms with Gasteiger partial charge in [0.15, 0.2) is 5.69 Å². The maximum absolute atomic E-state index is 5.34. The fraction of sp³-hybridized carbons (Fsp3) is 0.333. The molecule has 1 N–H and O–H groups in total. The second-order valence-corrected chi connectivity index (χ2v) is 5.40. The van der Waals surface area contributed by atoms with Gasteiger partial charge >= 0.3 is 0 Å². The molecule has 0 atom stereocenters. The van der Waals surface area contributed by atoms with Gasteiger partial charge < -0.3 is 14.4 Å². The summed E-state index contributed by atoms with van der Waals surface area (Å²) in [7, 11) is 0. The van der Waals surface area contributed by atoms with E-state index < -0.39 is 0 Å². The molecule has 0 fully saturated rings. The Bertz CT molecular complexity index is 836. The standard InChI is InChI=1S/C15H15N5O2/c1-8-5-12(19-21-8)15-18-14(20-22-15)13-9(2)17-7-10-6-16-4-3-11(10)13/h5,7,16H,3-4,6H2,1-2H3. The van der Waals surface area contributed by atoms with Crippen LogP contribution < -0.4 is 5.32 Å². The quantitative estimate of drug-likeness (QED) is 0.774. The first-order valence-electron chi connectivity index (χ1n) is 7.18. The van der Waals surface area contributed by atoms with E-state index in [9.17, 15) is 0 Å². The van der Waals surface area contributed by atoms with E-state index in [2.05, 4.69) is 25.6 Å². The van der Waals surface area contributed by atoms with Gasteiger partial charge in [-0.05, 0) is 37.9 Å². The van der Waals surface area contributed by atoms with Gasteiger partial charge in [0.25, 0.3) is 5.89 Å². The molecule has 0 aliphatic carbocycles. The average Bonchev–Trinajstić information content (AvgIpc) is 3.16. The molecule has 1 aliphatic heterocycles. The third-order valence-corrected chi connectivity index (χ3v) is 3.83. The van der Waals surface area contributed by atoms with Gasteiger partial charge in [-0.3, -0.25) is 4.98 Å². The van der Waals surface area contributed by atoms with Crippen molar-refractivity contribution in [1.82, 2.24) is 25.6 Å². The number of fused-ring (bicyclic) bond motifs is 1. The molecule has 22 heavy (non-hydrogen) atoms. The van der Waals surface area contributed by atoms with E-state index in [-0.39, 0.29) is 0 Å². The molecule has 1 aliphatic rings. The van der Waals surface area contributed by atoms with Crippen LogP contribution in [0.4, 0.5) is 0 Å². The minimum Gasteiger partial charge on any atom is -0.361 e. The smallest absolute Gasteiger partial charge is 0.280 e. The molecule has 0 bridgehead atoms. The summed E-state index contributed by atoms with van der Waals surface area (Å²) >= 11 is 0. The van der Waals surface area contributed by atoms with Gasteiger partial charge in [0.1, 0.15) is 5.76 Å². The van der Waals surface area contributed by atoms with Crippen LogP contribution in [0.5, 0.6) is 0 Å². The normalized spacial score (nSPS) is 14.1. The highest BCUT2D eigenvalue weighted by atomic mass is 16.5. The second-order valence-electron chi connectivity index (χ2n) is 5.40. The predicted molar refractivity (Wildman–Crippen MR) is 77.9 cm³/mol. The van der Waals surface area contributed by atoms with Crippen molar-refractivity contribution in [3.63, 3.8) is 0 Å². The van der Waals surface area contributed by atoms with Gasteiger partial charge in [0.05, 0.1) is 0 Å². The van der Waals surface area contributed by atoms with Crippen molar-refractivity contribution in [3.8, 4) is 23.0 Å². The van der Waals surface area contributed by atoms with Crippen LogP contribution >= 0.6 is 0 Å². The van der Waals surface area contributed by atoms with Crippen molar-refractivity contribution in [2.45, 2.75) is 26.8 Å². The molecular formula is C15H15N5O2. The second kappa shape index (κ2) is 5.03. The van der Waals surface area contributed by atoms with Gasteiger partial charge in [0, 0.05) is 30.1 Å². The third kappa shape index (κ3) is 2.10. The van der Waals surface area contributed by atoms with Gasteiger partial charge in [-0.25, -0.2) is 0 Å². The number of pyridine rings is 1. The van der Waals surface area contributed by atoms with Crippen molar-refractivity contribution < 1.29 is 9.05 Å². The Hall–Kier alpha value is -2.54. The molecular weight excluding hydrogens is 282 g/mol. The Kier molecular flexibility index (Phi) is 3.00. The zero-order valence-corrected chi connectivity index (χ0v) is 12.4. The summed E-state index contributed by atoms with van der Waals surface area (Å²) in [5, 5.41) is 11.4. The Morgan fingerprint density at radius 1 is 1.18 bits per heavy atom. The number of aromatic nitrogens is 4. The molecule has 0 aromatic carbocycles. The summed E-state index contributed by atoms with van der Waals surface area (Å²) < 4.78 is 10.4. The van der Waals surface area contributed by atoms with E-state index in [4.69, 9.17) is 9.05 Å². The van der Waals surface area contributed by atoms with Crippen LogP contribution in [0, 0.1) is 13.8 Å². The summed E-state index contributed by atoms with van der Waals surface area (Å²) in [6.45, 7) is 5.55. The molecule has 0 radical (unpaired) electrons. The van der Waals surface area contributed by atoms with Gasteiger partial charge in [-0.15, -0.1) is 0 Å². The Balaban J connectivity index is 1.81. The third-order valence-electron chi connectivity index (χ3n) is 3.83. The van der Waals surface area contributed by atoms with E-state index in [0.717, 1.165) is 30.8 Å². The maximum Gasteiger partial charge on any atom is 0.280 e. The lowest BCUT2D eigenvalue weighted by Gasteiger charge is -2.19. The molecule has 4 heterocycles. The monoisotopic (exact) mass is 297 g/mol. The van der Waals surface area contributed by atoms with Crippen LogP contribution in [0.15, 0.2) is 21.3 Å². The van der Waals surface area contributed by atoms with E-state index in [1.165, 1.54) is 11.1 Å². The fourth-order valence-electron chi connectivity index (χ4n) is 2.76. The van der Waals surface area contributed by atoms with E-state index >= 15 is 0 Å². The first-order chi connectivity index (χ1) is 10.7. The maximum atomic E-state index is 5.34. The predicted octanol–water partition coefficient (Wildman–Crippen LogP) is 2.05. The lowest BCUT2D eigenvalue weighted by molar-refractivity contribution is 0.390. The van der Waals surface area contributed by atoms with Crippen LogP contribution in [0.25, 0.3) is 23.0 Å². The minimum atomic E-state index is 0.359. The number of aryl methyl sites for hydroxylation is 2. The average molecular weight is 297 g/mol. The van der Waals surface area contributed by atoms with Crippen LogP contribution in [0.1, 0.15) is 22.6 Å². The van der Waals surface area contributed by atoms with Crippen LogP contribution in [0.2, 0.25) is 0 Å². The van der Waals surface area contributed by atoms with E-state index in [1.54, 1.807) is 6.07 Å². The molecule has 0 saturated carbocycles. The van der Waals surface area contributed by atoms with E-state index in [1.807, 2.05) is 20.0 Å². The number of hydrogen-bond acceptors (Lipinski definition) is 7. The van der Waals surface area contributed by atoms with Crippen molar-refractivity contribution in [1.29, 1.82) is 0 Å². The minimum absolute atomic E-state index is 0.359. The zero-order chi connectivity index (χ0) is 15.1. The SMILES string of the molecule is Cc1cc(-c2nc(-c3c(C)ncc4c3CCNC4)no2)no1. The van der Waals surface area contributed by atoms with Gasteiger partial charge in [0.2, 0.25) is 5.82 Å². The number of nitrogens with one attached hydrogen (secondary N) is 1. The molecule has 0 amide bonds. The molecule has 4 rings (SSSR count). The van der Waals surface area contributed by atoms with Crippen molar-refractivity contribution in [2.24, 2.45) is 0 Å². The summed E-state index contributed by atoms with van der Waals surface area (Å²) in [4.78, 5) is 8.93. The molecule has 0 spiro atoms. The summed E-state index contributed by atoms with van der Waals surface area (Å²) in [6, 6.07) is 1.77. The lowest BCUT2D eigenvalue weighted by atomic mass is 9.95. The molecule has 3 aromatic heterocycles.